The van der Waals surface area contributed by atoms with Crippen molar-refractivity contribution in [2.75, 3.05) is 50.8 Å². The van der Waals surface area contributed by atoms with Crippen LogP contribution in [0.2, 0.25) is 0 Å². The van der Waals surface area contributed by atoms with E-state index in [9.17, 15) is 9.18 Å². The number of halogens is 1. The van der Waals surface area contributed by atoms with Crippen LogP contribution in [-0.2, 0) is 4.79 Å². The molecule has 0 spiro atoms. The van der Waals surface area contributed by atoms with Gasteiger partial charge in [0.2, 0.25) is 5.91 Å². The SMILES string of the molecule is CN1CCCN(CC(=O)Nc2ccc(F)cc2N)CC1. The van der Waals surface area contributed by atoms with Gasteiger partial charge in [-0.05, 0) is 44.8 Å². The summed E-state index contributed by atoms with van der Waals surface area (Å²) in [6, 6.07) is 3.97. The summed E-state index contributed by atoms with van der Waals surface area (Å²) in [5.74, 6) is -0.524. The Kier molecular flexibility index (Phi) is 4.92. The third-order valence-corrected chi connectivity index (χ3v) is 3.47. The number of nitrogens with zero attached hydrogens (tertiary/aromatic N) is 2. The minimum absolute atomic E-state index is 0.118. The molecule has 5 nitrogen and oxygen atoms in total. The maximum Gasteiger partial charge on any atom is 0.238 e. The van der Waals surface area contributed by atoms with Crippen molar-refractivity contribution < 1.29 is 9.18 Å². The van der Waals surface area contributed by atoms with Crippen LogP contribution in [0.4, 0.5) is 15.8 Å². The molecule has 0 radical (unpaired) electrons. The number of benzene rings is 1. The molecule has 0 saturated carbocycles. The minimum Gasteiger partial charge on any atom is -0.397 e. The van der Waals surface area contributed by atoms with Gasteiger partial charge in [0.25, 0.3) is 0 Å². The lowest BCUT2D eigenvalue weighted by atomic mass is 10.2. The number of nitrogen functional groups attached to an aromatic ring is 1. The summed E-state index contributed by atoms with van der Waals surface area (Å²) in [4.78, 5) is 16.4. The molecule has 3 N–H and O–H groups in total. The summed E-state index contributed by atoms with van der Waals surface area (Å²) in [7, 11) is 2.09. The van der Waals surface area contributed by atoms with Crippen LogP contribution in [-0.4, -0.2) is 55.5 Å². The van der Waals surface area contributed by atoms with Crippen LogP contribution < -0.4 is 11.1 Å². The number of hydrogen-bond acceptors (Lipinski definition) is 4. The summed E-state index contributed by atoms with van der Waals surface area (Å²) in [5, 5.41) is 2.73. The van der Waals surface area contributed by atoms with Crippen molar-refractivity contribution in [1.29, 1.82) is 0 Å². The van der Waals surface area contributed by atoms with E-state index in [0.29, 0.717) is 12.2 Å². The number of likely N-dealkylation sites (N-methyl/N-ethyl adjacent to an activating group) is 1. The molecule has 0 atom stereocenters. The Morgan fingerprint density at radius 2 is 2.15 bits per heavy atom. The highest BCUT2D eigenvalue weighted by molar-refractivity contribution is 5.95. The summed E-state index contributed by atoms with van der Waals surface area (Å²) < 4.78 is 12.9. The van der Waals surface area contributed by atoms with E-state index < -0.39 is 5.82 Å². The third-order valence-electron chi connectivity index (χ3n) is 3.47. The molecule has 0 bridgehead atoms. The lowest BCUT2D eigenvalue weighted by Crippen LogP contribution is -2.36. The Bertz CT molecular complexity index is 480. The molecule has 1 amide bonds. The molecule has 1 aliphatic rings. The number of nitrogens with two attached hydrogens (primary N) is 1. The minimum atomic E-state index is -0.406. The van der Waals surface area contributed by atoms with Crippen molar-refractivity contribution in [1.82, 2.24) is 9.80 Å². The first kappa shape index (κ1) is 14.7. The van der Waals surface area contributed by atoms with E-state index in [2.05, 4.69) is 22.2 Å². The van der Waals surface area contributed by atoms with E-state index in [1.165, 1.54) is 18.2 Å². The number of nitrogens with one attached hydrogen (secondary N) is 1. The molecule has 1 saturated heterocycles. The number of carbonyl (C=O) groups is 1. The molecule has 1 aromatic rings. The summed E-state index contributed by atoms with van der Waals surface area (Å²) in [6.45, 7) is 4.15. The molecule has 2 rings (SSSR count). The number of amides is 1. The summed E-state index contributed by atoms with van der Waals surface area (Å²) in [5.41, 5.74) is 6.38. The smallest absolute Gasteiger partial charge is 0.238 e. The van der Waals surface area contributed by atoms with Crippen molar-refractivity contribution >= 4 is 17.3 Å². The molecular formula is C14H21FN4O. The Morgan fingerprint density at radius 1 is 1.35 bits per heavy atom. The second-order valence-corrected chi connectivity index (χ2v) is 5.21. The fourth-order valence-electron chi connectivity index (χ4n) is 2.30. The van der Waals surface area contributed by atoms with Crippen LogP contribution in [0.1, 0.15) is 6.42 Å². The maximum absolute atomic E-state index is 12.9. The first-order chi connectivity index (χ1) is 9.54. The van der Waals surface area contributed by atoms with Crippen LogP contribution in [0.3, 0.4) is 0 Å². The quantitative estimate of drug-likeness (QED) is 0.810. The van der Waals surface area contributed by atoms with Gasteiger partial charge in [-0.15, -0.1) is 0 Å². The second-order valence-electron chi connectivity index (χ2n) is 5.21. The van der Waals surface area contributed by atoms with Gasteiger partial charge >= 0.3 is 0 Å². The van der Waals surface area contributed by atoms with Crippen molar-refractivity contribution in [3.63, 3.8) is 0 Å². The van der Waals surface area contributed by atoms with Gasteiger partial charge in [-0.2, -0.15) is 0 Å². The number of hydrogen-bond donors (Lipinski definition) is 2. The van der Waals surface area contributed by atoms with Gasteiger partial charge in [-0.1, -0.05) is 0 Å². The molecule has 1 fully saturated rings. The number of anilines is 2. The highest BCUT2D eigenvalue weighted by atomic mass is 19.1. The summed E-state index contributed by atoms with van der Waals surface area (Å²) >= 11 is 0. The van der Waals surface area contributed by atoms with Gasteiger partial charge in [0, 0.05) is 13.1 Å². The fourth-order valence-corrected chi connectivity index (χ4v) is 2.30. The van der Waals surface area contributed by atoms with E-state index in [1.807, 2.05) is 0 Å². The summed E-state index contributed by atoms with van der Waals surface area (Å²) in [6.07, 6.45) is 1.06. The molecular weight excluding hydrogens is 259 g/mol. The van der Waals surface area contributed by atoms with E-state index in [4.69, 9.17) is 5.73 Å². The zero-order valence-corrected chi connectivity index (χ0v) is 11.7. The van der Waals surface area contributed by atoms with Crippen LogP contribution in [0.5, 0.6) is 0 Å². The van der Waals surface area contributed by atoms with Gasteiger partial charge in [-0.25, -0.2) is 4.39 Å². The molecule has 0 unspecified atom stereocenters. The van der Waals surface area contributed by atoms with E-state index in [-0.39, 0.29) is 11.6 Å². The first-order valence-corrected chi connectivity index (χ1v) is 6.80. The number of rotatable bonds is 3. The van der Waals surface area contributed by atoms with Gasteiger partial charge in [0.05, 0.1) is 17.9 Å². The van der Waals surface area contributed by atoms with Crippen molar-refractivity contribution in [2.24, 2.45) is 0 Å². The predicted molar refractivity (Wildman–Crippen MR) is 78.0 cm³/mol. The van der Waals surface area contributed by atoms with Crippen LogP contribution in [0.25, 0.3) is 0 Å². The monoisotopic (exact) mass is 280 g/mol. The third kappa shape index (κ3) is 4.18. The largest absolute Gasteiger partial charge is 0.397 e. The van der Waals surface area contributed by atoms with Crippen molar-refractivity contribution in [3.8, 4) is 0 Å². The van der Waals surface area contributed by atoms with E-state index in [0.717, 1.165) is 32.6 Å². The number of carbonyl (C=O) groups excluding carboxylic acids is 1. The molecule has 1 aromatic carbocycles. The Hall–Kier alpha value is -1.66. The molecule has 20 heavy (non-hydrogen) atoms. The van der Waals surface area contributed by atoms with Gasteiger partial charge in [0.1, 0.15) is 5.82 Å². The molecule has 6 heteroatoms. The topological polar surface area (TPSA) is 61.6 Å². The molecule has 110 valence electrons. The van der Waals surface area contributed by atoms with Crippen LogP contribution >= 0.6 is 0 Å². The predicted octanol–water partition coefficient (Wildman–Crippen LogP) is 0.984. The van der Waals surface area contributed by atoms with Gasteiger partial charge in [0.15, 0.2) is 0 Å². The highest BCUT2D eigenvalue weighted by Crippen LogP contribution is 2.18. The lowest BCUT2D eigenvalue weighted by molar-refractivity contribution is -0.117. The maximum atomic E-state index is 12.9. The molecule has 0 aliphatic carbocycles. The van der Waals surface area contributed by atoms with Crippen molar-refractivity contribution in [3.05, 3.63) is 24.0 Å². The standard InChI is InChI=1S/C14H21FN4O/c1-18-5-2-6-19(8-7-18)10-14(20)17-13-4-3-11(15)9-12(13)16/h3-4,9H,2,5-8,10,16H2,1H3,(H,17,20). The Labute approximate surface area is 118 Å². The van der Waals surface area contributed by atoms with Gasteiger partial charge in [-0.3, -0.25) is 9.69 Å². The van der Waals surface area contributed by atoms with Crippen molar-refractivity contribution in [2.45, 2.75) is 6.42 Å². The Balaban J connectivity index is 1.88. The van der Waals surface area contributed by atoms with Gasteiger partial charge < -0.3 is 16.0 Å². The first-order valence-electron chi connectivity index (χ1n) is 6.80. The van der Waals surface area contributed by atoms with E-state index >= 15 is 0 Å². The molecule has 0 aromatic heterocycles. The molecule has 1 aliphatic heterocycles. The average Bonchev–Trinajstić information content (AvgIpc) is 2.58. The fraction of sp³-hybridized carbons (Fsp3) is 0.500. The molecule has 1 heterocycles. The highest BCUT2D eigenvalue weighted by Gasteiger charge is 2.15. The Morgan fingerprint density at radius 3 is 2.90 bits per heavy atom. The second kappa shape index (κ2) is 6.67. The zero-order valence-electron chi connectivity index (χ0n) is 11.7. The van der Waals surface area contributed by atoms with Crippen LogP contribution in [0.15, 0.2) is 18.2 Å². The lowest BCUT2D eigenvalue weighted by Gasteiger charge is -2.19. The van der Waals surface area contributed by atoms with Crippen LogP contribution in [0, 0.1) is 5.82 Å². The average molecular weight is 280 g/mol. The normalized spacial score (nSPS) is 17.7. The van der Waals surface area contributed by atoms with E-state index in [1.54, 1.807) is 0 Å². The zero-order chi connectivity index (χ0) is 14.5.